The normalized spacial score (nSPS) is 16.6. The lowest BCUT2D eigenvalue weighted by molar-refractivity contribution is -0.117. The van der Waals surface area contributed by atoms with Crippen molar-refractivity contribution in [2.75, 3.05) is 11.9 Å². The Morgan fingerprint density at radius 3 is 2.58 bits per heavy atom. The lowest BCUT2D eigenvalue weighted by atomic mass is 9.78. The first-order valence-electron chi connectivity index (χ1n) is 9.23. The molecule has 0 saturated heterocycles. The van der Waals surface area contributed by atoms with Crippen LogP contribution >= 0.6 is 0 Å². The summed E-state index contributed by atoms with van der Waals surface area (Å²) < 4.78 is 0. The third-order valence-corrected chi connectivity index (χ3v) is 5.35. The van der Waals surface area contributed by atoms with Gasteiger partial charge in [0.1, 0.15) is 0 Å². The summed E-state index contributed by atoms with van der Waals surface area (Å²) in [4.78, 5) is 12.5. The minimum Gasteiger partial charge on any atom is -0.325 e. The van der Waals surface area contributed by atoms with Gasteiger partial charge in [-0.2, -0.15) is 5.26 Å². The van der Waals surface area contributed by atoms with Gasteiger partial charge in [0.15, 0.2) is 0 Å². The number of carbonyl (C=O) groups is 1. The summed E-state index contributed by atoms with van der Waals surface area (Å²) in [5.41, 5.74) is 2.68. The van der Waals surface area contributed by atoms with Crippen molar-refractivity contribution >= 4 is 11.6 Å². The van der Waals surface area contributed by atoms with E-state index in [1.54, 1.807) is 24.3 Å². The Bertz CT molecular complexity index is 789. The fraction of sp³-hybridized carbons (Fsp3) is 0.364. The third kappa shape index (κ3) is 4.12. The molecule has 0 spiro atoms. The number of amides is 1. The Labute approximate surface area is 155 Å². The van der Waals surface area contributed by atoms with Gasteiger partial charge in [0.25, 0.3) is 0 Å². The molecule has 1 aliphatic carbocycles. The summed E-state index contributed by atoms with van der Waals surface area (Å²) in [5, 5.41) is 15.3. The fourth-order valence-electron chi connectivity index (χ4n) is 3.77. The molecule has 0 heterocycles. The Balaban J connectivity index is 1.62. The van der Waals surface area contributed by atoms with E-state index in [-0.39, 0.29) is 17.4 Å². The second-order valence-electron chi connectivity index (χ2n) is 7.14. The van der Waals surface area contributed by atoms with Gasteiger partial charge in [-0.05, 0) is 43.5 Å². The van der Waals surface area contributed by atoms with E-state index in [4.69, 9.17) is 5.26 Å². The van der Waals surface area contributed by atoms with Gasteiger partial charge < -0.3 is 10.6 Å². The van der Waals surface area contributed by atoms with Gasteiger partial charge in [-0.1, -0.05) is 49.2 Å². The maximum absolute atomic E-state index is 12.5. The molecule has 0 bridgehead atoms. The molecule has 4 nitrogen and oxygen atoms in total. The molecule has 2 N–H and O–H groups in total. The van der Waals surface area contributed by atoms with Crippen LogP contribution in [0.2, 0.25) is 0 Å². The summed E-state index contributed by atoms with van der Waals surface area (Å²) in [5.74, 6) is -0.0821. The molecule has 134 valence electrons. The van der Waals surface area contributed by atoms with E-state index in [9.17, 15) is 4.79 Å². The maximum atomic E-state index is 12.5. The van der Waals surface area contributed by atoms with Gasteiger partial charge in [-0.25, -0.2) is 0 Å². The molecular formula is C22H25N3O. The molecule has 0 aromatic heterocycles. The standard InChI is InChI=1S/C22H25N3O/c1-17(21(26)25-20-11-7-8-18(14-20)15-23)24-16-22(12-5-6-13-22)19-9-3-2-4-10-19/h2-4,7-11,14,17,24H,5-6,12-13,16H2,1H3,(H,25,26). The summed E-state index contributed by atoms with van der Waals surface area (Å²) in [6, 6.07) is 19.4. The number of nitriles is 1. The van der Waals surface area contributed by atoms with Crippen molar-refractivity contribution in [2.45, 2.75) is 44.1 Å². The Morgan fingerprint density at radius 1 is 1.15 bits per heavy atom. The van der Waals surface area contributed by atoms with Crippen LogP contribution in [0.25, 0.3) is 0 Å². The minimum atomic E-state index is -0.304. The van der Waals surface area contributed by atoms with E-state index in [2.05, 4.69) is 41.0 Å². The number of benzene rings is 2. The first-order chi connectivity index (χ1) is 12.6. The number of hydrogen-bond donors (Lipinski definition) is 2. The average molecular weight is 347 g/mol. The Kier molecular flexibility index (Phi) is 5.70. The smallest absolute Gasteiger partial charge is 0.241 e. The molecule has 1 unspecified atom stereocenters. The Hall–Kier alpha value is -2.64. The van der Waals surface area contributed by atoms with Gasteiger partial charge in [0.2, 0.25) is 5.91 Å². The van der Waals surface area contributed by atoms with Gasteiger partial charge in [-0.3, -0.25) is 4.79 Å². The van der Waals surface area contributed by atoms with E-state index < -0.39 is 0 Å². The van der Waals surface area contributed by atoms with Crippen molar-refractivity contribution in [2.24, 2.45) is 0 Å². The average Bonchev–Trinajstić information content (AvgIpc) is 3.17. The highest BCUT2D eigenvalue weighted by Gasteiger charge is 2.35. The van der Waals surface area contributed by atoms with Crippen molar-refractivity contribution in [1.82, 2.24) is 5.32 Å². The molecule has 2 aromatic carbocycles. The zero-order valence-corrected chi connectivity index (χ0v) is 15.2. The van der Waals surface area contributed by atoms with E-state index in [0.717, 1.165) is 19.4 Å². The third-order valence-electron chi connectivity index (χ3n) is 5.35. The molecule has 3 rings (SSSR count). The van der Waals surface area contributed by atoms with Crippen LogP contribution in [0.3, 0.4) is 0 Å². The highest BCUT2D eigenvalue weighted by atomic mass is 16.2. The van der Waals surface area contributed by atoms with Gasteiger partial charge in [0.05, 0.1) is 17.7 Å². The fourth-order valence-corrected chi connectivity index (χ4v) is 3.77. The number of anilines is 1. The number of carbonyl (C=O) groups excluding carboxylic acids is 1. The molecule has 1 saturated carbocycles. The topological polar surface area (TPSA) is 64.9 Å². The summed E-state index contributed by atoms with van der Waals surface area (Å²) in [7, 11) is 0. The quantitative estimate of drug-likeness (QED) is 0.830. The van der Waals surface area contributed by atoms with Crippen molar-refractivity contribution in [3.63, 3.8) is 0 Å². The molecule has 1 aliphatic rings. The van der Waals surface area contributed by atoms with Gasteiger partial charge in [0, 0.05) is 17.6 Å². The number of hydrogen-bond acceptors (Lipinski definition) is 3. The molecule has 1 atom stereocenters. The first kappa shape index (κ1) is 18.2. The summed E-state index contributed by atoms with van der Waals surface area (Å²) in [6.45, 7) is 2.68. The number of rotatable bonds is 6. The van der Waals surface area contributed by atoms with Crippen molar-refractivity contribution in [3.05, 3.63) is 65.7 Å². The second-order valence-corrected chi connectivity index (χ2v) is 7.14. The van der Waals surface area contributed by atoms with Crippen LogP contribution in [0.5, 0.6) is 0 Å². The molecule has 0 radical (unpaired) electrons. The summed E-state index contributed by atoms with van der Waals surface area (Å²) >= 11 is 0. The van der Waals surface area contributed by atoms with Gasteiger partial charge >= 0.3 is 0 Å². The van der Waals surface area contributed by atoms with Crippen molar-refractivity contribution in [3.8, 4) is 6.07 Å². The van der Waals surface area contributed by atoms with Crippen LogP contribution in [-0.4, -0.2) is 18.5 Å². The highest BCUT2D eigenvalue weighted by Crippen LogP contribution is 2.40. The Morgan fingerprint density at radius 2 is 1.88 bits per heavy atom. The molecular weight excluding hydrogens is 322 g/mol. The largest absolute Gasteiger partial charge is 0.325 e. The van der Waals surface area contributed by atoms with E-state index in [0.29, 0.717) is 11.3 Å². The van der Waals surface area contributed by atoms with Crippen LogP contribution in [-0.2, 0) is 10.2 Å². The van der Waals surface area contributed by atoms with E-state index in [1.807, 2.05) is 13.0 Å². The number of nitrogens with one attached hydrogen (secondary N) is 2. The van der Waals surface area contributed by atoms with Crippen LogP contribution in [0.4, 0.5) is 5.69 Å². The van der Waals surface area contributed by atoms with Crippen LogP contribution in [0.1, 0.15) is 43.7 Å². The molecule has 0 aliphatic heterocycles. The zero-order chi connectivity index (χ0) is 18.4. The van der Waals surface area contributed by atoms with Crippen LogP contribution < -0.4 is 10.6 Å². The maximum Gasteiger partial charge on any atom is 0.241 e. The lowest BCUT2D eigenvalue weighted by Crippen LogP contribution is -2.45. The van der Waals surface area contributed by atoms with Gasteiger partial charge in [-0.15, -0.1) is 0 Å². The van der Waals surface area contributed by atoms with Crippen LogP contribution in [0, 0.1) is 11.3 Å². The predicted molar refractivity (Wildman–Crippen MR) is 104 cm³/mol. The van der Waals surface area contributed by atoms with Crippen LogP contribution in [0.15, 0.2) is 54.6 Å². The summed E-state index contributed by atoms with van der Waals surface area (Å²) in [6.07, 6.45) is 4.78. The predicted octanol–water partition coefficient (Wildman–Crippen LogP) is 3.99. The van der Waals surface area contributed by atoms with Crippen molar-refractivity contribution < 1.29 is 4.79 Å². The molecule has 4 heteroatoms. The lowest BCUT2D eigenvalue weighted by Gasteiger charge is -2.31. The molecule has 1 fully saturated rings. The molecule has 1 amide bonds. The molecule has 2 aromatic rings. The first-order valence-corrected chi connectivity index (χ1v) is 9.23. The molecule has 26 heavy (non-hydrogen) atoms. The van der Waals surface area contributed by atoms with E-state index in [1.165, 1.54) is 18.4 Å². The highest BCUT2D eigenvalue weighted by molar-refractivity contribution is 5.94. The van der Waals surface area contributed by atoms with Crippen molar-refractivity contribution in [1.29, 1.82) is 5.26 Å². The monoisotopic (exact) mass is 347 g/mol. The van der Waals surface area contributed by atoms with E-state index >= 15 is 0 Å². The SMILES string of the molecule is CC(NCC1(c2ccccc2)CCCC1)C(=O)Nc1cccc(C#N)c1. The number of nitrogens with zero attached hydrogens (tertiary/aromatic N) is 1. The zero-order valence-electron chi connectivity index (χ0n) is 15.2. The minimum absolute atomic E-state index is 0.0821. The second kappa shape index (κ2) is 8.16.